The number of halogens is 1. The molecular weight excluding hydrogens is 340 g/mol. The van der Waals surface area contributed by atoms with Crippen LogP contribution in [0.1, 0.15) is 28.2 Å². The van der Waals surface area contributed by atoms with Gasteiger partial charge in [0.2, 0.25) is 0 Å². The van der Waals surface area contributed by atoms with Crippen molar-refractivity contribution < 1.29 is 13.9 Å². The van der Waals surface area contributed by atoms with E-state index in [0.29, 0.717) is 41.6 Å². The number of hydrogen-bond donors (Lipinski definition) is 1. The third kappa shape index (κ3) is 4.59. The molecular formula is C19H19ClN2O3. The average Bonchev–Trinajstić information content (AvgIpc) is 2.99. The summed E-state index contributed by atoms with van der Waals surface area (Å²) >= 11 is 6.00. The number of benzene rings is 2. The number of nitrogens with one attached hydrogen (secondary N) is 1. The monoisotopic (exact) mass is 358 g/mol. The number of hydrogen-bond acceptors (Lipinski definition) is 4. The van der Waals surface area contributed by atoms with Gasteiger partial charge in [0.05, 0.1) is 0 Å². The van der Waals surface area contributed by atoms with Crippen LogP contribution in [0.3, 0.4) is 0 Å². The molecule has 0 aliphatic rings. The van der Waals surface area contributed by atoms with Crippen molar-refractivity contribution in [1.29, 1.82) is 0 Å². The number of oxazole rings is 1. The molecule has 6 heteroatoms. The minimum Gasteiger partial charge on any atom is -0.440 e. The Labute approximate surface area is 151 Å². The molecule has 0 atom stereocenters. The maximum atomic E-state index is 12.2. The summed E-state index contributed by atoms with van der Waals surface area (Å²) in [4.78, 5) is 16.6. The zero-order valence-electron chi connectivity index (χ0n) is 13.9. The maximum absolute atomic E-state index is 12.2. The fourth-order valence-electron chi connectivity index (χ4n) is 2.53. The van der Waals surface area contributed by atoms with Gasteiger partial charge in [0, 0.05) is 37.3 Å². The molecule has 0 aliphatic heterocycles. The maximum Gasteiger partial charge on any atom is 0.251 e. The Hall–Kier alpha value is -2.37. The van der Waals surface area contributed by atoms with Crippen LogP contribution < -0.4 is 5.32 Å². The summed E-state index contributed by atoms with van der Waals surface area (Å²) in [5.41, 5.74) is 2.90. The van der Waals surface area contributed by atoms with Crippen LogP contribution in [0.5, 0.6) is 0 Å². The number of carbonyl (C=O) groups excluding carboxylic acids is 1. The largest absolute Gasteiger partial charge is 0.440 e. The smallest absolute Gasteiger partial charge is 0.251 e. The van der Waals surface area contributed by atoms with Gasteiger partial charge in [0.1, 0.15) is 5.52 Å². The van der Waals surface area contributed by atoms with Crippen LogP contribution in [0.2, 0.25) is 5.02 Å². The quantitative estimate of drug-likeness (QED) is 0.652. The predicted molar refractivity (Wildman–Crippen MR) is 97.1 cm³/mol. The van der Waals surface area contributed by atoms with Gasteiger partial charge in [-0.3, -0.25) is 4.79 Å². The van der Waals surface area contributed by atoms with Gasteiger partial charge < -0.3 is 14.5 Å². The molecule has 0 fully saturated rings. The third-order valence-electron chi connectivity index (χ3n) is 3.75. The van der Waals surface area contributed by atoms with Crippen molar-refractivity contribution in [2.75, 3.05) is 20.3 Å². The molecule has 130 valence electrons. The van der Waals surface area contributed by atoms with Crippen LogP contribution in [0.4, 0.5) is 0 Å². The van der Waals surface area contributed by atoms with Crippen molar-refractivity contribution in [3.63, 3.8) is 0 Å². The minimum absolute atomic E-state index is 0.134. The molecule has 25 heavy (non-hydrogen) atoms. The van der Waals surface area contributed by atoms with E-state index in [1.807, 2.05) is 24.3 Å². The summed E-state index contributed by atoms with van der Waals surface area (Å²) in [6.45, 7) is 1.19. The molecule has 0 saturated carbocycles. The summed E-state index contributed by atoms with van der Waals surface area (Å²) in [5, 5.41) is 3.54. The van der Waals surface area contributed by atoms with Crippen LogP contribution in [-0.4, -0.2) is 31.2 Å². The molecule has 1 N–H and O–H groups in total. The number of carbonyl (C=O) groups is 1. The first-order chi connectivity index (χ1) is 12.2. The van der Waals surface area contributed by atoms with Crippen LogP contribution in [-0.2, 0) is 11.2 Å². The van der Waals surface area contributed by atoms with Crippen LogP contribution in [0.15, 0.2) is 46.9 Å². The summed E-state index contributed by atoms with van der Waals surface area (Å²) < 4.78 is 10.8. The fraction of sp³-hybridized carbons (Fsp3) is 0.263. The highest BCUT2D eigenvalue weighted by molar-refractivity contribution is 6.30. The number of amides is 1. The Balaban J connectivity index is 1.71. The number of aromatic nitrogens is 1. The fourth-order valence-corrected chi connectivity index (χ4v) is 2.74. The van der Waals surface area contributed by atoms with Gasteiger partial charge in [-0.2, -0.15) is 0 Å². The Morgan fingerprint density at radius 1 is 1.28 bits per heavy atom. The van der Waals surface area contributed by atoms with Gasteiger partial charge in [0.15, 0.2) is 11.5 Å². The molecule has 3 rings (SSSR count). The number of methoxy groups -OCH3 is 1. The Morgan fingerprint density at radius 3 is 2.96 bits per heavy atom. The van der Waals surface area contributed by atoms with Gasteiger partial charge >= 0.3 is 0 Å². The summed E-state index contributed by atoms with van der Waals surface area (Å²) in [5.74, 6) is 0.459. The molecule has 1 amide bonds. The van der Waals surface area contributed by atoms with Crippen molar-refractivity contribution in [2.45, 2.75) is 12.8 Å². The molecule has 0 bridgehead atoms. The lowest BCUT2D eigenvalue weighted by Crippen LogP contribution is -2.25. The number of fused-ring (bicyclic) bond motifs is 1. The molecule has 2 aromatic carbocycles. The first kappa shape index (κ1) is 17.5. The highest BCUT2D eigenvalue weighted by Crippen LogP contribution is 2.20. The molecule has 0 aliphatic carbocycles. The Kier molecular flexibility index (Phi) is 5.68. The molecule has 3 aromatic rings. The number of ether oxygens (including phenoxy) is 1. The molecule has 0 saturated heterocycles. The van der Waals surface area contributed by atoms with Crippen molar-refractivity contribution in [2.24, 2.45) is 0 Å². The van der Waals surface area contributed by atoms with Crippen molar-refractivity contribution in [3.8, 4) is 0 Å². The van der Waals surface area contributed by atoms with Crippen molar-refractivity contribution in [1.82, 2.24) is 10.3 Å². The minimum atomic E-state index is -0.134. The third-order valence-corrected chi connectivity index (χ3v) is 3.99. The molecule has 1 aromatic heterocycles. The number of nitrogens with zero attached hydrogens (tertiary/aromatic N) is 1. The van der Waals surface area contributed by atoms with Crippen molar-refractivity contribution in [3.05, 3.63) is 64.5 Å². The Bertz CT molecular complexity index is 876. The first-order valence-electron chi connectivity index (χ1n) is 8.07. The second kappa shape index (κ2) is 8.14. The normalized spacial score (nSPS) is 11.0. The van der Waals surface area contributed by atoms with E-state index in [4.69, 9.17) is 20.8 Å². The van der Waals surface area contributed by atoms with E-state index in [2.05, 4.69) is 10.3 Å². The van der Waals surface area contributed by atoms with E-state index >= 15 is 0 Å². The van der Waals surface area contributed by atoms with E-state index in [-0.39, 0.29) is 5.91 Å². The lowest BCUT2D eigenvalue weighted by atomic mass is 10.1. The predicted octanol–water partition coefficient (Wildman–Crippen LogP) is 3.84. The lowest BCUT2D eigenvalue weighted by molar-refractivity contribution is 0.0948. The van der Waals surface area contributed by atoms with Crippen LogP contribution in [0, 0.1) is 0 Å². The van der Waals surface area contributed by atoms with E-state index in [9.17, 15) is 4.79 Å². The SMILES string of the molecule is COCCCNC(=O)c1ccc2nc(Cc3cccc(Cl)c3)oc2c1. The second-order valence-electron chi connectivity index (χ2n) is 5.70. The summed E-state index contributed by atoms with van der Waals surface area (Å²) in [6, 6.07) is 12.8. The van der Waals surface area contributed by atoms with Crippen molar-refractivity contribution >= 4 is 28.6 Å². The molecule has 0 spiro atoms. The highest BCUT2D eigenvalue weighted by Gasteiger charge is 2.11. The second-order valence-corrected chi connectivity index (χ2v) is 6.14. The number of rotatable bonds is 7. The Morgan fingerprint density at radius 2 is 2.16 bits per heavy atom. The topological polar surface area (TPSA) is 64.4 Å². The van der Waals surface area contributed by atoms with Crippen LogP contribution >= 0.6 is 11.6 Å². The highest BCUT2D eigenvalue weighted by atomic mass is 35.5. The molecule has 0 radical (unpaired) electrons. The standard InChI is InChI=1S/C19H19ClN2O3/c1-24-9-3-8-21-19(23)14-6-7-16-17(12-14)25-18(22-16)11-13-4-2-5-15(20)10-13/h2,4-7,10,12H,3,8-9,11H2,1H3,(H,21,23). The molecule has 5 nitrogen and oxygen atoms in total. The average molecular weight is 359 g/mol. The van der Waals surface area contributed by atoms with E-state index in [1.54, 1.807) is 25.3 Å². The van der Waals surface area contributed by atoms with Gasteiger partial charge in [0.25, 0.3) is 5.91 Å². The van der Waals surface area contributed by atoms with Gasteiger partial charge in [-0.15, -0.1) is 0 Å². The molecule has 1 heterocycles. The zero-order valence-corrected chi connectivity index (χ0v) is 14.7. The van der Waals surface area contributed by atoms with Gasteiger partial charge in [-0.1, -0.05) is 23.7 Å². The molecule has 0 unspecified atom stereocenters. The first-order valence-corrected chi connectivity index (χ1v) is 8.44. The summed E-state index contributed by atoms with van der Waals surface area (Å²) in [6.07, 6.45) is 1.32. The van der Waals surface area contributed by atoms with E-state index in [0.717, 1.165) is 17.5 Å². The lowest BCUT2D eigenvalue weighted by Gasteiger charge is -2.04. The summed E-state index contributed by atoms with van der Waals surface area (Å²) in [7, 11) is 1.64. The zero-order chi connectivity index (χ0) is 17.6. The van der Waals surface area contributed by atoms with E-state index in [1.165, 1.54) is 0 Å². The van der Waals surface area contributed by atoms with Gasteiger partial charge in [-0.25, -0.2) is 4.98 Å². The van der Waals surface area contributed by atoms with Crippen LogP contribution in [0.25, 0.3) is 11.1 Å². The van der Waals surface area contributed by atoms with Gasteiger partial charge in [-0.05, 0) is 42.3 Å². The van der Waals surface area contributed by atoms with E-state index < -0.39 is 0 Å².